The minimum Gasteiger partial charge on any atom is -0.395 e. The summed E-state index contributed by atoms with van der Waals surface area (Å²) in [6.45, 7) is 18.0. The molecule has 0 saturated heterocycles. The van der Waals surface area contributed by atoms with E-state index in [2.05, 4.69) is 52.8 Å². The third kappa shape index (κ3) is 6.68. The molecule has 15 heavy (non-hydrogen) atoms. The molecule has 0 aliphatic rings. The number of rotatable bonds is 6. The van der Waals surface area contributed by atoms with E-state index in [1.807, 2.05) is 0 Å². The van der Waals surface area contributed by atoms with Crippen LogP contribution in [0.2, 0.25) is 45.8 Å². The molecule has 0 aliphatic carbocycles. The molecule has 0 aromatic heterocycles. The van der Waals surface area contributed by atoms with Crippen LogP contribution in [0.25, 0.3) is 0 Å². The van der Waals surface area contributed by atoms with Gasteiger partial charge in [0.2, 0.25) is 0 Å². The van der Waals surface area contributed by atoms with Gasteiger partial charge in [-0.15, -0.1) is 0 Å². The summed E-state index contributed by atoms with van der Waals surface area (Å²) in [5.74, 6) is 0. The Morgan fingerprint density at radius 3 is 1.40 bits per heavy atom. The third-order valence-electron chi connectivity index (χ3n) is 2.06. The van der Waals surface area contributed by atoms with Crippen molar-refractivity contribution in [3.8, 4) is 0 Å². The van der Waals surface area contributed by atoms with Gasteiger partial charge in [-0.1, -0.05) is 13.5 Å². The molecule has 0 fully saturated rings. The van der Waals surface area contributed by atoms with Gasteiger partial charge in [-0.3, -0.25) is 0 Å². The second-order valence-corrected chi connectivity index (χ2v) is 16.7. The fourth-order valence-corrected chi connectivity index (χ4v) is 8.62. The lowest BCUT2D eigenvalue weighted by atomic mass is 10.5. The first kappa shape index (κ1) is 15.6. The van der Waals surface area contributed by atoms with E-state index in [0.29, 0.717) is 0 Å². The highest BCUT2D eigenvalue weighted by Crippen LogP contribution is 2.26. The minimum atomic E-state index is -1.50. The normalized spacial score (nSPS) is 15.2. The SMILES string of the molecule is CCC(O[Si](C)(C)C)(O[Si](C)(C)C)[SiH2]C. The van der Waals surface area contributed by atoms with Crippen molar-refractivity contribution in [1.29, 1.82) is 0 Å². The van der Waals surface area contributed by atoms with Crippen LogP contribution in [-0.4, -0.2) is 31.6 Å². The average molecular weight is 265 g/mol. The van der Waals surface area contributed by atoms with E-state index in [1.165, 1.54) is 0 Å². The first-order valence-corrected chi connectivity index (χ1v) is 14.9. The Kier molecular flexibility index (Phi) is 5.47. The van der Waals surface area contributed by atoms with Gasteiger partial charge in [0, 0.05) is 0 Å². The molecule has 0 saturated carbocycles. The van der Waals surface area contributed by atoms with Crippen molar-refractivity contribution >= 4 is 26.2 Å². The van der Waals surface area contributed by atoms with Crippen molar-refractivity contribution in [3.63, 3.8) is 0 Å². The molecule has 0 radical (unpaired) electrons. The van der Waals surface area contributed by atoms with Crippen molar-refractivity contribution in [1.82, 2.24) is 0 Å². The topological polar surface area (TPSA) is 18.5 Å². The van der Waals surface area contributed by atoms with Crippen LogP contribution in [0.5, 0.6) is 0 Å². The molecule has 5 heteroatoms. The van der Waals surface area contributed by atoms with Crippen molar-refractivity contribution in [2.45, 2.75) is 64.6 Å². The Morgan fingerprint density at radius 1 is 0.933 bits per heavy atom. The standard InChI is InChI=1S/C10H28O2Si3/c1-9-10(13-2,11-14(3,4)5)12-15(6,7)8/h9,13H2,1-8H3. The van der Waals surface area contributed by atoms with Gasteiger partial charge in [-0.25, -0.2) is 0 Å². The Balaban J connectivity index is 4.74. The summed E-state index contributed by atoms with van der Waals surface area (Å²) in [6.07, 6.45) is 1.00. The van der Waals surface area contributed by atoms with Crippen LogP contribution in [0.4, 0.5) is 0 Å². The van der Waals surface area contributed by atoms with E-state index in [9.17, 15) is 0 Å². The van der Waals surface area contributed by atoms with E-state index in [-0.39, 0.29) is 14.9 Å². The summed E-state index contributed by atoms with van der Waals surface area (Å²) in [4.78, 5) is 0. The van der Waals surface area contributed by atoms with E-state index >= 15 is 0 Å². The zero-order valence-corrected chi connectivity index (χ0v) is 15.1. The molecule has 0 heterocycles. The van der Waals surface area contributed by atoms with Gasteiger partial charge in [0.25, 0.3) is 0 Å². The zero-order chi connectivity index (χ0) is 12.3. The van der Waals surface area contributed by atoms with Crippen LogP contribution < -0.4 is 0 Å². The summed E-state index contributed by atoms with van der Waals surface area (Å²) in [5, 5.41) is 0. The lowest BCUT2D eigenvalue weighted by molar-refractivity contribution is -0.0573. The van der Waals surface area contributed by atoms with Crippen LogP contribution in [0.3, 0.4) is 0 Å². The summed E-state index contributed by atoms with van der Waals surface area (Å²) >= 11 is 0. The Bertz CT molecular complexity index is 172. The lowest BCUT2D eigenvalue weighted by Crippen LogP contribution is -2.53. The molecule has 0 amide bonds. The Hall–Kier alpha value is 0.571. The maximum absolute atomic E-state index is 6.31. The molecule has 0 bridgehead atoms. The number of hydrogen-bond acceptors (Lipinski definition) is 2. The van der Waals surface area contributed by atoms with Crippen LogP contribution in [0.1, 0.15) is 13.3 Å². The second-order valence-electron chi connectivity index (χ2n) is 6.05. The summed E-state index contributed by atoms with van der Waals surface area (Å²) in [7, 11) is -3.32. The van der Waals surface area contributed by atoms with Crippen molar-refractivity contribution < 1.29 is 8.85 Å². The molecular weight excluding hydrogens is 236 g/mol. The molecule has 0 atom stereocenters. The molecule has 0 aliphatic heterocycles. The molecular formula is C10H28O2Si3. The van der Waals surface area contributed by atoms with Crippen LogP contribution in [-0.2, 0) is 8.85 Å². The summed E-state index contributed by atoms with van der Waals surface area (Å²) < 4.78 is 12.6. The molecule has 0 aromatic rings. The van der Waals surface area contributed by atoms with E-state index in [1.54, 1.807) is 0 Å². The highest BCUT2D eigenvalue weighted by atomic mass is 28.4. The molecule has 0 unspecified atom stereocenters. The quantitative estimate of drug-likeness (QED) is 0.542. The van der Waals surface area contributed by atoms with Crippen molar-refractivity contribution in [2.75, 3.05) is 0 Å². The van der Waals surface area contributed by atoms with Crippen LogP contribution in [0.15, 0.2) is 0 Å². The monoisotopic (exact) mass is 264 g/mol. The maximum atomic E-state index is 6.31. The van der Waals surface area contributed by atoms with E-state index in [4.69, 9.17) is 8.85 Å². The molecule has 2 nitrogen and oxygen atoms in total. The highest BCUT2D eigenvalue weighted by molar-refractivity contribution is 6.72. The fraction of sp³-hybridized carbons (Fsp3) is 1.00. The van der Waals surface area contributed by atoms with Gasteiger partial charge in [-0.2, -0.15) is 0 Å². The highest BCUT2D eigenvalue weighted by Gasteiger charge is 2.37. The van der Waals surface area contributed by atoms with Crippen LogP contribution >= 0.6 is 0 Å². The average Bonchev–Trinajstić information content (AvgIpc) is 1.98. The van der Waals surface area contributed by atoms with Gasteiger partial charge in [0.1, 0.15) is 5.41 Å². The molecule has 0 rings (SSSR count). The molecule has 0 aromatic carbocycles. The van der Waals surface area contributed by atoms with E-state index in [0.717, 1.165) is 6.42 Å². The van der Waals surface area contributed by atoms with Crippen LogP contribution in [0, 0.1) is 0 Å². The largest absolute Gasteiger partial charge is 0.395 e. The van der Waals surface area contributed by atoms with Gasteiger partial charge in [0.05, 0.1) is 9.52 Å². The smallest absolute Gasteiger partial charge is 0.187 e. The molecule has 92 valence electrons. The fourth-order valence-electron chi connectivity index (χ4n) is 1.68. The third-order valence-corrected chi connectivity index (χ3v) is 6.47. The molecule has 0 N–H and O–H groups in total. The Morgan fingerprint density at radius 2 is 1.27 bits per heavy atom. The first-order chi connectivity index (χ1) is 6.54. The predicted molar refractivity (Wildman–Crippen MR) is 76.3 cm³/mol. The number of hydrogen-bond donors (Lipinski definition) is 0. The van der Waals surface area contributed by atoms with Gasteiger partial charge in [0.15, 0.2) is 16.6 Å². The van der Waals surface area contributed by atoms with Crippen molar-refractivity contribution in [3.05, 3.63) is 0 Å². The predicted octanol–water partition coefficient (Wildman–Crippen LogP) is 2.97. The minimum absolute atomic E-state index is 0.186. The van der Waals surface area contributed by atoms with Crippen molar-refractivity contribution in [2.24, 2.45) is 0 Å². The summed E-state index contributed by atoms with van der Waals surface area (Å²) in [6, 6.07) is 0. The maximum Gasteiger partial charge on any atom is 0.187 e. The second kappa shape index (κ2) is 5.27. The van der Waals surface area contributed by atoms with Gasteiger partial charge >= 0.3 is 0 Å². The summed E-state index contributed by atoms with van der Waals surface area (Å²) in [5.41, 5.74) is -0.186. The van der Waals surface area contributed by atoms with Gasteiger partial charge in [-0.05, 0) is 45.7 Å². The van der Waals surface area contributed by atoms with Gasteiger partial charge < -0.3 is 8.85 Å². The Labute approximate surface area is 99.8 Å². The lowest BCUT2D eigenvalue weighted by Gasteiger charge is -2.42. The van der Waals surface area contributed by atoms with E-state index < -0.39 is 16.6 Å². The zero-order valence-electron chi connectivity index (χ0n) is 11.7. The molecule has 0 spiro atoms. The first-order valence-electron chi connectivity index (χ1n) is 5.94.